The van der Waals surface area contributed by atoms with Crippen LogP contribution in [-0.2, 0) is 11.3 Å². The van der Waals surface area contributed by atoms with Crippen LogP contribution in [0.3, 0.4) is 0 Å². The van der Waals surface area contributed by atoms with Crippen LogP contribution in [0.4, 0.5) is 5.13 Å². The quantitative estimate of drug-likeness (QED) is 0.506. The van der Waals surface area contributed by atoms with Crippen molar-refractivity contribution in [1.29, 1.82) is 0 Å². The third kappa shape index (κ3) is 4.51. The Morgan fingerprint density at radius 3 is 2.81 bits per heavy atom. The molecule has 0 spiro atoms. The Balaban J connectivity index is 1.37. The van der Waals surface area contributed by atoms with Crippen molar-refractivity contribution in [3.63, 3.8) is 0 Å². The molecule has 4 rings (SSSR count). The molecule has 0 bridgehead atoms. The summed E-state index contributed by atoms with van der Waals surface area (Å²) >= 11 is 1.44. The van der Waals surface area contributed by atoms with E-state index in [-0.39, 0.29) is 5.91 Å². The number of hydrogen-bond donors (Lipinski definition) is 1. The number of carbonyl (C=O) groups excluding carboxylic acids is 1. The minimum atomic E-state index is -0.0398. The van der Waals surface area contributed by atoms with Crippen LogP contribution in [0, 0.1) is 0 Å². The number of ether oxygens (including phenoxy) is 1. The number of fused-ring (bicyclic) bond motifs is 1. The number of thiazole rings is 1. The van der Waals surface area contributed by atoms with E-state index in [0.717, 1.165) is 34.7 Å². The van der Waals surface area contributed by atoms with Crippen LogP contribution in [0.15, 0.2) is 67.0 Å². The molecule has 2 heterocycles. The van der Waals surface area contributed by atoms with Crippen molar-refractivity contribution in [3.05, 3.63) is 67.0 Å². The van der Waals surface area contributed by atoms with E-state index in [4.69, 9.17) is 4.74 Å². The number of hydrogen-bond acceptors (Lipinski definition) is 5. The number of carbonyl (C=O) groups is 1. The molecule has 2 aromatic carbocycles. The van der Waals surface area contributed by atoms with E-state index in [1.807, 2.05) is 65.5 Å². The highest BCUT2D eigenvalue weighted by atomic mass is 32.1. The zero-order valence-corrected chi connectivity index (χ0v) is 15.4. The fourth-order valence-corrected chi connectivity index (χ4v) is 3.57. The highest BCUT2D eigenvalue weighted by Crippen LogP contribution is 2.31. The molecule has 0 fully saturated rings. The molecule has 0 atom stereocenters. The Hall–Kier alpha value is -3.19. The SMILES string of the molecule is O=C(CCCn1cccn1)Nc1nc2ccc(Oc3ccccc3)cc2s1. The standard InChI is InChI=1S/C20H18N4O2S/c25-19(8-4-12-24-13-5-11-21-24)23-20-22-17-10-9-16(14-18(17)27-20)26-15-6-2-1-3-7-15/h1-3,5-7,9-11,13-14H,4,8,12H2,(H,22,23,25). The predicted molar refractivity (Wildman–Crippen MR) is 106 cm³/mol. The van der Waals surface area contributed by atoms with Gasteiger partial charge in [-0.15, -0.1) is 0 Å². The number of anilines is 1. The Labute approximate surface area is 160 Å². The number of rotatable bonds is 7. The van der Waals surface area contributed by atoms with Gasteiger partial charge in [-0.2, -0.15) is 5.10 Å². The summed E-state index contributed by atoms with van der Waals surface area (Å²) in [7, 11) is 0. The predicted octanol–water partition coefficient (Wildman–Crippen LogP) is 4.70. The molecular formula is C20H18N4O2S. The molecule has 1 N–H and O–H groups in total. The van der Waals surface area contributed by atoms with E-state index in [9.17, 15) is 4.79 Å². The second-order valence-electron chi connectivity index (χ2n) is 5.98. The molecule has 0 saturated carbocycles. The summed E-state index contributed by atoms with van der Waals surface area (Å²) in [5.41, 5.74) is 0.840. The molecule has 0 saturated heterocycles. The minimum absolute atomic E-state index is 0.0398. The molecule has 2 aromatic heterocycles. The number of nitrogens with one attached hydrogen (secondary N) is 1. The molecule has 0 aliphatic carbocycles. The van der Waals surface area contributed by atoms with Crippen molar-refractivity contribution >= 4 is 32.6 Å². The number of amides is 1. The molecule has 0 unspecified atom stereocenters. The van der Waals surface area contributed by atoms with E-state index in [1.54, 1.807) is 6.20 Å². The Bertz CT molecular complexity index is 1030. The van der Waals surface area contributed by atoms with Gasteiger partial charge in [0.25, 0.3) is 0 Å². The number of benzene rings is 2. The van der Waals surface area contributed by atoms with Crippen molar-refractivity contribution in [2.45, 2.75) is 19.4 Å². The van der Waals surface area contributed by atoms with E-state index < -0.39 is 0 Å². The molecule has 27 heavy (non-hydrogen) atoms. The van der Waals surface area contributed by atoms with Crippen molar-refractivity contribution < 1.29 is 9.53 Å². The number of aromatic nitrogens is 3. The summed E-state index contributed by atoms with van der Waals surface area (Å²) < 4.78 is 8.64. The van der Waals surface area contributed by atoms with Crippen LogP contribution in [0.25, 0.3) is 10.2 Å². The van der Waals surface area contributed by atoms with Gasteiger partial charge in [-0.3, -0.25) is 9.48 Å². The van der Waals surface area contributed by atoms with Gasteiger partial charge >= 0.3 is 0 Å². The van der Waals surface area contributed by atoms with Crippen molar-refractivity contribution in [2.24, 2.45) is 0 Å². The van der Waals surface area contributed by atoms with E-state index in [0.29, 0.717) is 11.6 Å². The first-order valence-corrected chi connectivity index (χ1v) is 9.49. The smallest absolute Gasteiger partial charge is 0.226 e. The van der Waals surface area contributed by atoms with Gasteiger partial charge in [0.05, 0.1) is 10.2 Å². The van der Waals surface area contributed by atoms with Crippen LogP contribution >= 0.6 is 11.3 Å². The molecule has 1 amide bonds. The normalized spacial score (nSPS) is 10.8. The number of nitrogens with zero attached hydrogens (tertiary/aromatic N) is 3. The van der Waals surface area contributed by atoms with Gasteiger partial charge in [-0.25, -0.2) is 4.98 Å². The van der Waals surface area contributed by atoms with E-state index in [1.165, 1.54) is 11.3 Å². The maximum absolute atomic E-state index is 12.1. The van der Waals surface area contributed by atoms with Gasteiger partial charge in [-0.1, -0.05) is 29.5 Å². The average Bonchev–Trinajstić information content (AvgIpc) is 3.31. The van der Waals surface area contributed by atoms with Crippen molar-refractivity contribution in [3.8, 4) is 11.5 Å². The van der Waals surface area contributed by atoms with E-state index >= 15 is 0 Å². The first-order valence-electron chi connectivity index (χ1n) is 8.67. The zero-order chi connectivity index (χ0) is 18.5. The molecule has 136 valence electrons. The van der Waals surface area contributed by atoms with Gasteiger partial charge in [0.15, 0.2) is 5.13 Å². The van der Waals surface area contributed by atoms with Crippen molar-refractivity contribution in [2.75, 3.05) is 5.32 Å². The second-order valence-corrected chi connectivity index (χ2v) is 7.02. The van der Waals surface area contributed by atoms with Gasteiger partial charge in [0.1, 0.15) is 11.5 Å². The molecule has 7 heteroatoms. The summed E-state index contributed by atoms with van der Waals surface area (Å²) in [5.74, 6) is 1.49. The van der Waals surface area contributed by atoms with Crippen LogP contribution in [0.2, 0.25) is 0 Å². The van der Waals surface area contributed by atoms with Crippen LogP contribution < -0.4 is 10.1 Å². The lowest BCUT2D eigenvalue weighted by Crippen LogP contribution is -2.12. The molecule has 4 aromatic rings. The maximum Gasteiger partial charge on any atom is 0.226 e. The summed E-state index contributed by atoms with van der Waals surface area (Å²) in [6, 6.07) is 17.2. The lowest BCUT2D eigenvalue weighted by molar-refractivity contribution is -0.116. The summed E-state index contributed by atoms with van der Waals surface area (Å²) in [5, 5.41) is 7.61. The number of para-hydroxylation sites is 1. The van der Waals surface area contributed by atoms with Crippen LogP contribution in [0.1, 0.15) is 12.8 Å². The molecule has 0 aliphatic heterocycles. The summed E-state index contributed by atoms with van der Waals surface area (Å²) in [6.45, 7) is 0.723. The fraction of sp³-hybridized carbons (Fsp3) is 0.150. The lowest BCUT2D eigenvalue weighted by atomic mass is 10.3. The first kappa shape index (κ1) is 17.2. The fourth-order valence-electron chi connectivity index (χ4n) is 2.66. The van der Waals surface area contributed by atoms with Gasteiger partial charge in [0, 0.05) is 31.4 Å². The molecular weight excluding hydrogens is 360 g/mol. The van der Waals surface area contributed by atoms with Crippen molar-refractivity contribution in [1.82, 2.24) is 14.8 Å². The minimum Gasteiger partial charge on any atom is -0.457 e. The largest absolute Gasteiger partial charge is 0.457 e. The van der Waals surface area contributed by atoms with Gasteiger partial charge in [-0.05, 0) is 36.8 Å². The third-order valence-corrected chi connectivity index (χ3v) is 4.87. The Morgan fingerprint density at radius 2 is 2.00 bits per heavy atom. The summed E-state index contributed by atoms with van der Waals surface area (Å²) in [4.78, 5) is 16.6. The average molecular weight is 378 g/mol. The Morgan fingerprint density at radius 1 is 1.11 bits per heavy atom. The highest BCUT2D eigenvalue weighted by Gasteiger charge is 2.09. The molecule has 0 radical (unpaired) electrons. The highest BCUT2D eigenvalue weighted by molar-refractivity contribution is 7.22. The maximum atomic E-state index is 12.1. The molecule has 6 nitrogen and oxygen atoms in total. The number of aryl methyl sites for hydroxylation is 1. The monoisotopic (exact) mass is 378 g/mol. The lowest BCUT2D eigenvalue weighted by Gasteiger charge is -2.04. The summed E-state index contributed by atoms with van der Waals surface area (Å²) in [6.07, 6.45) is 4.78. The third-order valence-electron chi connectivity index (χ3n) is 3.94. The first-order chi connectivity index (χ1) is 13.3. The van der Waals surface area contributed by atoms with E-state index in [2.05, 4.69) is 15.4 Å². The topological polar surface area (TPSA) is 69.0 Å². The van der Waals surface area contributed by atoms with Gasteiger partial charge in [0.2, 0.25) is 5.91 Å². The zero-order valence-electron chi connectivity index (χ0n) is 14.5. The van der Waals surface area contributed by atoms with Gasteiger partial charge < -0.3 is 10.1 Å². The molecule has 0 aliphatic rings. The Kier molecular flexibility index (Phi) is 5.11. The second kappa shape index (κ2) is 8.01. The van der Waals surface area contributed by atoms with Crippen LogP contribution in [-0.4, -0.2) is 20.7 Å². The van der Waals surface area contributed by atoms with Crippen LogP contribution in [0.5, 0.6) is 11.5 Å².